The van der Waals surface area contributed by atoms with Crippen LogP contribution in [0.5, 0.6) is 0 Å². The van der Waals surface area contributed by atoms with Crippen LogP contribution in [0, 0.1) is 0 Å². The second-order valence-corrected chi connectivity index (χ2v) is 24.6. The summed E-state index contributed by atoms with van der Waals surface area (Å²) in [7, 11) is 0. The zero-order valence-electron chi connectivity index (χ0n) is 53.8. The molecule has 0 aromatic heterocycles. The summed E-state index contributed by atoms with van der Waals surface area (Å²) in [5.74, 6) is -0.0700. The topological polar surface area (TPSA) is 95.9 Å². The number of amides is 1. The van der Waals surface area contributed by atoms with Crippen LogP contribution in [-0.2, 0) is 14.3 Å². The molecule has 0 aliphatic heterocycles. The van der Waals surface area contributed by atoms with Crippen LogP contribution in [0.25, 0.3) is 0 Å². The van der Waals surface area contributed by atoms with E-state index < -0.39 is 12.1 Å². The van der Waals surface area contributed by atoms with E-state index in [1.54, 1.807) is 6.08 Å². The van der Waals surface area contributed by atoms with Crippen LogP contribution in [0.1, 0.15) is 386 Å². The van der Waals surface area contributed by atoms with Gasteiger partial charge in [-0.15, -0.1) is 0 Å². The highest BCUT2D eigenvalue weighted by Crippen LogP contribution is 2.18. The second-order valence-electron chi connectivity index (χ2n) is 24.6. The number of unbranched alkanes of at least 4 members (excludes halogenated alkanes) is 50. The lowest BCUT2D eigenvalue weighted by Crippen LogP contribution is -2.45. The molecule has 0 heterocycles. The van der Waals surface area contributed by atoms with Crippen LogP contribution in [0.4, 0.5) is 0 Å². The third kappa shape index (κ3) is 65.0. The Morgan fingerprint density at radius 2 is 0.625 bits per heavy atom. The minimum absolute atomic E-state index is 0.000900. The third-order valence-electron chi connectivity index (χ3n) is 16.6. The quantitative estimate of drug-likeness (QED) is 0.0320. The van der Waals surface area contributed by atoms with Crippen LogP contribution in [0.2, 0.25) is 0 Å². The maximum Gasteiger partial charge on any atom is 0.305 e. The first-order valence-corrected chi connectivity index (χ1v) is 35.9. The molecule has 6 nitrogen and oxygen atoms in total. The molecule has 0 aromatic rings. The van der Waals surface area contributed by atoms with Crippen LogP contribution in [0.15, 0.2) is 48.6 Å². The van der Waals surface area contributed by atoms with E-state index in [9.17, 15) is 19.8 Å². The highest BCUT2D eigenvalue weighted by atomic mass is 16.5. The molecule has 0 saturated heterocycles. The highest BCUT2D eigenvalue weighted by molar-refractivity contribution is 5.76. The Bertz CT molecular complexity index is 1340. The number of ether oxygens (including phenoxy) is 1. The van der Waals surface area contributed by atoms with Gasteiger partial charge in [-0.1, -0.05) is 332 Å². The number of aliphatic hydroxyl groups excluding tert-OH is 2. The number of esters is 1. The van der Waals surface area contributed by atoms with Crippen molar-refractivity contribution in [3.05, 3.63) is 48.6 Å². The highest BCUT2D eigenvalue weighted by Gasteiger charge is 2.18. The molecule has 0 rings (SSSR count). The van der Waals surface area contributed by atoms with Crippen LogP contribution in [-0.4, -0.2) is 47.4 Å². The zero-order valence-corrected chi connectivity index (χ0v) is 53.8. The molecule has 470 valence electrons. The molecule has 6 heteroatoms. The van der Waals surface area contributed by atoms with Gasteiger partial charge in [-0.25, -0.2) is 0 Å². The van der Waals surface area contributed by atoms with E-state index in [4.69, 9.17) is 4.74 Å². The molecule has 0 bridgehead atoms. The normalized spacial score (nSPS) is 12.8. The first-order valence-electron chi connectivity index (χ1n) is 35.9. The number of carbonyl (C=O) groups excluding carboxylic acids is 2. The van der Waals surface area contributed by atoms with Gasteiger partial charge in [0.2, 0.25) is 5.91 Å². The smallest absolute Gasteiger partial charge is 0.305 e. The molecule has 2 unspecified atom stereocenters. The Balaban J connectivity index is 3.46. The number of hydrogen-bond donors (Lipinski definition) is 3. The van der Waals surface area contributed by atoms with Crippen molar-refractivity contribution in [3.8, 4) is 0 Å². The van der Waals surface area contributed by atoms with Gasteiger partial charge in [0.1, 0.15) is 0 Å². The lowest BCUT2D eigenvalue weighted by atomic mass is 10.0. The van der Waals surface area contributed by atoms with Crippen molar-refractivity contribution in [1.82, 2.24) is 5.32 Å². The van der Waals surface area contributed by atoms with Crippen molar-refractivity contribution in [1.29, 1.82) is 0 Å². The molecule has 3 N–H and O–H groups in total. The van der Waals surface area contributed by atoms with Gasteiger partial charge in [-0.3, -0.25) is 9.59 Å². The van der Waals surface area contributed by atoms with E-state index in [0.29, 0.717) is 19.4 Å². The van der Waals surface area contributed by atoms with Crippen LogP contribution < -0.4 is 5.32 Å². The zero-order chi connectivity index (χ0) is 57.8. The van der Waals surface area contributed by atoms with Gasteiger partial charge < -0.3 is 20.3 Å². The number of nitrogens with one attached hydrogen (secondary N) is 1. The van der Waals surface area contributed by atoms with Crippen LogP contribution in [0.3, 0.4) is 0 Å². The SMILES string of the molecule is CCCCCCCC/C=C\CCCCCCCC(=O)OCCCCCCCCCCC/C=C\C/C=C\CCCCCCCCCCCC(=O)NC(CO)C(O)/C=C/CCCCCCCCCCCCCCCCCCCCCCC. The lowest BCUT2D eigenvalue weighted by Gasteiger charge is -2.20. The molecule has 0 aliphatic rings. The van der Waals surface area contributed by atoms with Crippen molar-refractivity contribution in [2.75, 3.05) is 13.2 Å². The summed E-state index contributed by atoms with van der Waals surface area (Å²) < 4.78 is 5.48. The monoisotopic (exact) mass is 1120 g/mol. The van der Waals surface area contributed by atoms with Gasteiger partial charge in [0.05, 0.1) is 25.4 Å². The fraction of sp³-hybridized carbons (Fsp3) is 0.865. The standard InChI is InChI=1S/C74H139NO5/c1-3-5-7-9-11-13-15-17-19-20-21-22-26-29-32-35-39-42-46-50-54-58-62-66-72(77)71(70-76)75-73(78)67-63-59-55-51-47-43-40-36-33-30-27-24-23-25-28-31-34-37-41-45-49-53-57-61-65-69-80-74(79)68-64-60-56-52-48-44-38-18-16-14-12-10-8-6-4-2/h18,24-25,27-28,38,62,66,71-72,76-77H,3-17,19-23,26,29-37,39-61,63-65,67-70H2,1-2H3,(H,75,78)/b27-24-,28-25-,38-18-,66-62+. The maximum absolute atomic E-state index is 12.5. The number of aliphatic hydroxyl groups is 2. The molecular weight excluding hydrogens is 983 g/mol. The molecule has 0 spiro atoms. The molecule has 0 saturated carbocycles. The summed E-state index contributed by atoms with van der Waals surface area (Å²) in [5, 5.41) is 23.3. The maximum atomic E-state index is 12.5. The predicted octanol–water partition coefficient (Wildman–Crippen LogP) is 23.3. The van der Waals surface area contributed by atoms with E-state index >= 15 is 0 Å². The molecule has 1 amide bonds. The number of hydrogen-bond acceptors (Lipinski definition) is 5. The van der Waals surface area contributed by atoms with E-state index in [1.807, 2.05) is 6.08 Å². The minimum Gasteiger partial charge on any atom is -0.466 e. The minimum atomic E-state index is -0.851. The number of carbonyl (C=O) groups is 2. The Labute approximate surface area is 499 Å². The van der Waals surface area contributed by atoms with Gasteiger partial charge in [0, 0.05) is 12.8 Å². The van der Waals surface area contributed by atoms with Crippen molar-refractivity contribution in [3.63, 3.8) is 0 Å². The summed E-state index contributed by atoms with van der Waals surface area (Å²) >= 11 is 0. The van der Waals surface area contributed by atoms with Gasteiger partial charge in [-0.2, -0.15) is 0 Å². The Morgan fingerprint density at radius 3 is 0.963 bits per heavy atom. The van der Waals surface area contributed by atoms with E-state index in [1.165, 1.54) is 308 Å². The van der Waals surface area contributed by atoms with Crippen molar-refractivity contribution < 1.29 is 24.5 Å². The summed E-state index contributed by atoms with van der Waals surface area (Å²) in [5.41, 5.74) is 0. The predicted molar refractivity (Wildman–Crippen MR) is 352 cm³/mol. The van der Waals surface area contributed by atoms with Crippen LogP contribution >= 0.6 is 0 Å². The van der Waals surface area contributed by atoms with Crippen molar-refractivity contribution in [2.45, 2.75) is 398 Å². The van der Waals surface area contributed by atoms with Gasteiger partial charge in [-0.05, 0) is 89.9 Å². The average molecular weight is 1120 g/mol. The fourth-order valence-corrected chi connectivity index (χ4v) is 11.1. The van der Waals surface area contributed by atoms with E-state index in [-0.39, 0.29) is 18.5 Å². The van der Waals surface area contributed by atoms with Crippen molar-refractivity contribution >= 4 is 11.9 Å². The van der Waals surface area contributed by atoms with Gasteiger partial charge >= 0.3 is 5.97 Å². The molecule has 0 fully saturated rings. The first kappa shape index (κ1) is 77.8. The van der Waals surface area contributed by atoms with Gasteiger partial charge in [0.15, 0.2) is 0 Å². The summed E-state index contributed by atoms with van der Waals surface area (Å²) in [4.78, 5) is 24.6. The van der Waals surface area contributed by atoms with E-state index in [0.717, 1.165) is 51.4 Å². The summed E-state index contributed by atoms with van der Waals surface area (Å²) in [6.07, 6.45) is 90.4. The fourth-order valence-electron chi connectivity index (χ4n) is 11.1. The van der Waals surface area contributed by atoms with Gasteiger partial charge in [0.25, 0.3) is 0 Å². The molecule has 0 radical (unpaired) electrons. The molecule has 2 atom stereocenters. The summed E-state index contributed by atoms with van der Waals surface area (Å²) in [6.45, 7) is 4.92. The first-order chi connectivity index (χ1) is 39.5. The Hall–Kier alpha value is -2.18. The summed E-state index contributed by atoms with van der Waals surface area (Å²) in [6, 6.07) is -0.635. The molecule has 0 aromatic carbocycles. The Kier molecular flexibility index (Phi) is 67.4. The van der Waals surface area contributed by atoms with Crippen molar-refractivity contribution in [2.24, 2.45) is 0 Å². The largest absolute Gasteiger partial charge is 0.466 e. The van der Waals surface area contributed by atoms with E-state index in [2.05, 4.69) is 55.6 Å². The molecular formula is C74H139NO5. The second kappa shape index (κ2) is 69.3. The lowest BCUT2D eigenvalue weighted by molar-refractivity contribution is -0.143. The molecule has 80 heavy (non-hydrogen) atoms. The Morgan fingerprint density at radius 1 is 0.350 bits per heavy atom. The number of allylic oxidation sites excluding steroid dienone is 7. The molecule has 0 aliphatic carbocycles. The number of rotatable bonds is 67. The average Bonchev–Trinajstić information content (AvgIpc) is 3.46. The third-order valence-corrected chi connectivity index (χ3v) is 16.6.